The van der Waals surface area contributed by atoms with Gasteiger partial charge in [-0.2, -0.15) is 0 Å². The second-order valence-electron chi connectivity index (χ2n) is 6.80. The highest BCUT2D eigenvalue weighted by molar-refractivity contribution is 5.79. The largest absolute Gasteiger partial charge is 0.351 e. The van der Waals surface area contributed by atoms with E-state index in [-0.39, 0.29) is 17.4 Å². The predicted molar refractivity (Wildman–Crippen MR) is 82.3 cm³/mol. The number of hydrogen-bond donors (Lipinski definition) is 1. The number of nitrogens with one attached hydrogen (secondary N) is 1. The van der Waals surface area contributed by atoms with Gasteiger partial charge in [0.15, 0.2) is 0 Å². The molecule has 1 heterocycles. The van der Waals surface area contributed by atoms with Gasteiger partial charge in [0.2, 0.25) is 5.91 Å². The predicted octanol–water partition coefficient (Wildman–Crippen LogP) is 2.81. The molecule has 1 saturated heterocycles. The van der Waals surface area contributed by atoms with Gasteiger partial charge in [0.25, 0.3) is 0 Å². The van der Waals surface area contributed by atoms with Crippen LogP contribution >= 0.6 is 0 Å². The third kappa shape index (κ3) is 4.64. The monoisotopic (exact) mass is 274 g/mol. The molecule has 110 valence electrons. The van der Waals surface area contributed by atoms with E-state index in [0.29, 0.717) is 0 Å². The zero-order valence-electron chi connectivity index (χ0n) is 12.9. The van der Waals surface area contributed by atoms with Crippen LogP contribution in [0.3, 0.4) is 0 Å². The lowest BCUT2D eigenvalue weighted by molar-refractivity contribution is -0.128. The maximum absolute atomic E-state index is 12.3. The van der Waals surface area contributed by atoms with Crippen LogP contribution in [0.15, 0.2) is 30.3 Å². The fourth-order valence-corrected chi connectivity index (χ4v) is 2.73. The standard InChI is InChI=1S/C17H26N2O/c1-17(2,3)18-16(20)15-10-7-11-19(13-15)12-14-8-5-4-6-9-14/h4-6,8-9,15H,7,10-13H2,1-3H3,(H,18,20)/t15-/m0/s1. The first-order valence-corrected chi connectivity index (χ1v) is 7.52. The average molecular weight is 274 g/mol. The van der Waals surface area contributed by atoms with Crippen LogP contribution in [0.4, 0.5) is 0 Å². The molecule has 0 spiro atoms. The molecule has 1 aliphatic rings. The molecule has 1 aromatic rings. The molecule has 0 saturated carbocycles. The fourth-order valence-electron chi connectivity index (χ4n) is 2.73. The summed E-state index contributed by atoms with van der Waals surface area (Å²) in [5.41, 5.74) is 1.18. The number of piperidine rings is 1. The second kappa shape index (κ2) is 6.40. The van der Waals surface area contributed by atoms with Crippen molar-refractivity contribution in [1.82, 2.24) is 10.2 Å². The zero-order chi connectivity index (χ0) is 14.6. The van der Waals surface area contributed by atoms with E-state index in [4.69, 9.17) is 0 Å². The van der Waals surface area contributed by atoms with Crippen molar-refractivity contribution in [3.05, 3.63) is 35.9 Å². The molecule has 2 rings (SSSR count). The number of amides is 1. The Bertz CT molecular complexity index is 436. The van der Waals surface area contributed by atoms with Crippen molar-refractivity contribution in [2.45, 2.75) is 45.7 Å². The topological polar surface area (TPSA) is 32.3 Å². The SMILES string of the molecule is CC(C)(C)NC(=O)[C@H]1CCCN(Cc2ccccc2)C1. The Hall–Kier alpha value is -1.35. The van der Waals surface area contributed by atoms with Crippen LogP contribution in [0.2, 0.25) is 0 Å². The molecule has 0 unspecified atom stereocenters. The van der Waals surface area contributed by atoms with Crippen LogP contribution in [-0.4, -0.2) is 29.4 Å². The van der Waals surface area contributed by atoms with Crippen molar-refractivity contribution in [3.63, 3.8) is 0 Å². The Balaban J connectivity index is 1.90. The molecular formula is C17H26N2O. The second-order valence-corrected chi connectivity index (χ2v) is 6.80. The van der Waals surface area contributed by atoms with E-state index >= 15 is 0 Å². The van der Waals surface area contributed by atoms with Gasteiger partial charge in [-0.3, -0.25) is 9.69 Å². The summed E-state index contributed by atoms with van der Waals surface area (Å²) in [6, 6.07) is 10.5. The third-order valence-electron chi connectivity index (χ3n) is 3.62. The Morgan fingerprint density at radius 3 is 2.65 bits per heavy atom. The summed E-state index contributed by atoms with van der Waals surface area (Å²) in [5, 5.41) is 3.11. The van der Waals surface area contributed by atoms with E-state index in [1.165, 1.54) is 5.56 Å². The number of benzene rings is 1. The number of hydrogen-bond acceptors (Lipinski definition) is 2. The van der Waals surface area contributed by atoms with E-state index in [1.54, 1.807) is 0 Å². The lowest BCUT2D eigenvalue weighted by Crippen LogP contribution is -2.48. The summed E-state index contributed by atoms with van der Waals surface area (Å²) >= 11 is 0. The minimum Gasteiger partial charge on any atom is -0.351 e. The van der Waals surface area contributed by atoms with Gasteiger partial charge in [0, 0.05) is 18.6 Å². The summed E-state index contributed by atoms with van der Waals surface area (Å²) in [4.78, 5) is 14.7. The van der Waals surface area contributed by atoms with Crippen LogP contribution in [-0.2, 0) is 11.3 Å². The van der Waals surface area contributed by atoms with E-state index in [2.05, 4.69) is 34.5 Å². The third-order valence-corrected chi connectivity index (χ3v) is 3.62. The molecule has 0 radical (unpaired) electrons. The van der Waals surface area contributed by atoms with Crippen LogP contribution in [0.1, 0.15) is 39.2 Å². The van der Waals surface area contributed by atoms with Crippen molar-refractivity contribution in [1.29, 1.82) is 0 Å². The summed E-state index contributed by atoms with van der Waals surface area (Å²) in [6.45, 7) is 9.02. The first-order chi connectivity index (χ1) is 9.44. The number of carbonyl (C=O) groups is 1. The highest BCUT2D eigenvalue weighted by Crippen LogP contribution is 2.19. The van der Waals surface area contributed by atoms with Crippen LogP contribution in [0, 0.1) is 5.92 Å². The Morgan fingerprint density at radius 1 is 1.30 bits per heavy atom. The van der Waals surface area contributed by atoms with Crippen LogP contribution < -0.4 is 5.32 Å². The van der Waals surface area contributed by atoms with E-state index < -0.39 is 0 Å². The lowest BCUT2D eigenvalue weighted by Gasteiger charge is -2.33. The molecule has 3 heteroatoms. The maximum Gasteiger partial charge on any atom is 0.224 e. The summed E-state index contributed by atoms with van der Waals surface area (Å²) < 4.78 is 0. The number of likely N-dealkylation sites (tertiary alicyclic amines) is 1. The molecular weight excluding hydrogens is 248 g/mol. The number of nitrogens with zero attached hydrogens (tertiary/aromatic N) is 1. The first-order valence-electron chi connectivity index (χ1n) is 7.52. The summed E-state index contributed by atoms with van der Waals surface area (Å²) in [6.07, 6.45) is 2.11. The molecule has 1 N–H and O–H groups in total. The summed E-state index contributed by atoms with van der Waals surface area (Å²) in [5.74, 6) is 0.335. The van der Waals surface area contributed by atoms with Gasteiger partial charge in [-0.05, 0) is 45.7 Å². The normalized spacial score (nSPS) is 20.6. The van der Waals surface area contributed by atoms with Crippen molar-refractivity contribution in [2.75, 3.05) is 13.1 Å². The summed E-state index contributed by atoms with van der Waals surface area (Å²) in [7, 11) is 0. The molecule has 20 heavy (non-hydrogen) atoms. The molecule has 1 fully saturated rings. The van der Waals surface area contributed by atoms with Crippen molar-refractivity contribution < 1.29 is 4.79 Å². The fraction of sp³-hybridized carbons (Fsp3) is 0.588. The minimum absolute atomic E-state index is 0.131. The van der Waals surface area contributed by atoms with Gasteiger partial charge in [-0.15, -0.1) is 0 Å². The molecule has 1 atom stereocenters. The molecule has 1 aliphatic heterocycles. The van der Waals surface area contributed by atoms with E-state index in [0.717, 1.165) is 32.5 Å². The maximum atomic E-state index is 12.3. The highest BCUT2D eigenvalue weighted by Gasteiger charge is 2.27. The smallest absolute Gasteiger partial charge is 0.224 e. The van der Waals surface area contributed by atoms with E-state index in [1.807, 2.05) is 26.8 Å². The molecule has 3 nitrogen and oxygen atoms in total. The first kappa shape index (κ1) is 15.0. The minimum atomic E-state index is -0.140. The number of carbonyl (C=O) groups excluding carboxylic acids is 1. The van der Waals surface area contributed by atoms with Gasteiger partial charge < -0.3 is 5.32 Å². The van der Waals surface area contributed by atoms with E-state index in [9.17, 15) is 4.79 Å². The van der Waals surface area contributed by atoms with Gasteiger partial charge in [0.05, 0.1) is 5.92 Å². The average Bonchev–Trinajstić information content (AvgIpc) is 2.38. The number of rotatable bonds is 3. The molecule has 0 aromatic heterocycles. The van der Waals surface area contributed by atoms with Crippen molar-refractivity contribution >= 4 is 5.91 Å². The Labute approximate surface area is 122 Å². The molecule has 0 bridgehead atoms. The Morgan fingerprint density at radius 2 is 2.00 bits per heavy atom. The lowest BCUT2D eigenvalue weighted by atomic mass is 9.95. The quantitative estimate of drug-likeness (QED) is 0.919. The molecule has 1 aromatic carbocycles. The molecule has 0 aliphatic carbocycles. The van der Waals surface area contributed by atoms with Crippen LogP contribution in [0.25, 0.3) is 0 Å². The van der Waals surface area contributed by atoms with Crippen molar-refractivity contribution in [3.8, 4) is 0 Å². The van der Waals surface area contributed by atoms with Gasteiger partial charge in [0.1, 0.15) is 0 Å². The highest BCUT2D eigenvalue weighted by atomic mass is 16.2. The zero-order valence-corrected chi connectivity index (χ0v) is 12.9. The van der Waals surface area contributed by atoms with Gasteiger partial charge >= 0.3 is 0 Å². The molecule has 1 amide bonds. The van der Waals surface area contributed by atoms with Crippen LogP contribution in [0.5, 0.6) is 0 Å². The Kier molecular flexibility index (Phi) is 4.81. The van der Waals surface area contributed by atoms with Crippen molar-refractivity contribution in [2.24, 2.45) is 5.92 Å². The van der Waals surface area contributed by atoms with Gasteiger partial charge in [-0.25, -0.2) is 0 Å². The van der Waals surface area contributed by atoms with Gasteiger partial charge in [-0.1, -0.05) is 30.3 Å².